The summed E-state index contributed by atoms with van der Waals surface area (Å²) in [7, 11) is 0. The Bertz CT molecular complexity index is 408. The number of phenolic OH excluding ortho intramolecular Hbond substituents is 1. The summed E-state index contributed by atoms with van der Waals surface area (Å²) < 4.78 is 0. The van der Waals surface area contributed by atoms with Gasteiger partial charge >= 0.3 is 0 Å². The Labute approximate surface area is 98.3 Å². The minimum Gasteiger partial charge on any atom is -0.508 e. The van der Waals surface area contributed by atoms with Gasteiger partial charge in [0.1, 0.15) is 11.6 Å². The molecule has 0 saturated carbocycles. The van der Waals surface area contributed by atoms with E-state index in [0.717, 1.165) is 10.6 Å². The number of benzene rings is 1. The second kappa shape index (κ2) is 4.90. The highest BCUT2D eigenvalue weighted by atomic mass is 32.2. The van der Waals surface area contributed by atoms with Gasteiger partial charge in [0.05, 0.1) is 0 Å². The molecule has 0 spiro atoms. The largest absolute Gasteiger partial charge is 0.508 e. The minimum absolute atomic E-state index is 0.294. The van der Waals surface area contributed by atoms with Crippen molar-refractivity contribution in [2.24, 2.45) is 0 Å². The molecule has 3 N–H and O–H groups in total. The van der Waals surface area contributed by atoms with Crippen LogP contribution in [0, 0.1) is 0 Å². The van der Waals surface area contributed by atoms with Crippen molar-refractivity contribution in [1.29, 1.82) is 0 Å². The zero-order chi connectivity index (χ0) is 11.4. The highest BCUT2D eigenvalue weighted by molar-refractivity contribution is 7.98. The van der Waals surface area contributed by atoms with Crippen molar-refractivity contribution in [3.8, 4) is 5.75 Å². The molecule has 2 aromatic rings. The van der Waals surface area contributed by atoms with Gasteiger partial charge in [-0.25, -0.2) is 4.98 Å². The van der Waals surface area contributed by atoms with Crippen LogP contribution in [0.2, 0.25) is 0 Å². The van der Waals surface area contributed by atoms with Gasteiger partial charge in [0, 0.05) is 16.8 Å². The van der Waals surface area contributed by atoms with Gasteiger partial charge in [0.2, 0.25) is 0 Å². The first kappa shape index (κ1) is 10.8. The molecule has 0 saturated heterocycles. The lowest BCUT2D eigenvalue weighted by Gasteiger charge is -2.02. The molecule has 0 radical (unpaired) electrons. The summed E-state index contributed by atoms with van der Waals surface area (Å²) in [6, 6.07) is 10.9. The van der Waals surface area contributed by atoms with Crippen molar-refractivity contribution < 1.29 is 5.11 Å². The van der Waals surface area contributed by atoms with Crippen LogP contribution in [0.15, 0.2) is 47.5 Å². The number of hydrogen-bond donors (Lipinski definition) is 2. The lowest BCUT2D eigenvalue weighted by Crippen LogP contribution is -1.88. The standard InChI is InChI=1S/C12H12N2OS/c13-12-6-5-11(7-14-12)16-8-9-1-3-10(15)4-2-9/h1-7,15H,8H2,(H2,13,14). The van der Waals surface area contributed by atoms with Crippen LogP contribution < -0.4 is 5.73 Å². The third kappa shape index (κ3) is 2.90. The van der Waals surface area contributed by atoms with Gasteiger partial charge in [-0.2, -0.15) is 0 Å². The van der Waals surface area contributed by atoms with Crippen LogP contribution in [0.5, 0.6) is 5.75 Å². The number of anilines is 1. The van der Waals surface area contributed by atoms with E-state index in [2.05, 4.69) is 4.98 Å². The van der Waals surface area contributed by atoms with E-state index in [-0.39, 0.29) is 0 Å². The summed E-state index contributed by atoms with van der Waals surface area (Å²) in [6.07, 6.45) is 1.76. The molecule has 0 bridgehead atoms. The van der Waals surface area contributed by atoms with Crippen LogP contribution in [-0.2, 0) is 5.75 Å². The molecule has 0 fully saturated rings. The molecule has 0 aliphatic carbocycles. The molecule has 0 aliphatic rings. The molecule has 82 valence electrons. The molecule has 16 heavy (non-hydrogen) atoms. The van der Waals surface area contributed by atoms with Crippen molar-refractivity contribution >= 4 is 17.6 Å². The number of hydrogen-bond acceptors (Lipinski definition) is 4. The van der Waals surface area contributed by atoms with Crippen molar-refractivity contribution in [1.82, 2.24) is 4.98 Å². The van der Waals surface area contributed by atoms with E-state index in [4.69, 9.17) is 10.8 Å². The molecule has 4 heteroatoms. The SMILES string of the molecule is Nc1ccc(SCc2ccc(O)cc2)cn1. The van der Waals surface area contributed by atoms with Crippen LogP contribution in [-0.4, -0.2) is 10.1 Å². The molecule has 3 nitrogen and oxygen atoms in total. The van der Waals surface area contributed by atoms with E-state index in [1.807, 2.05) is 18.2 Å². The molecule has 1 heterocycles. The number of nitrogens with zero attached hydrogens (tertiary/aromatic N) is 1. The van der Waals surface area contributed by atoms with Gasteiger partial charge < -0.3 is 10.8 Å². The summed E-state index contributed by atoms with van der Waals surface area (Å²) in [5.41, 5.74) is 6.67. The van der Waals surface area contributed by atoms with Crippen molar-refractivity contribution in [2.75, 3.05) is 5.73 Å². The Morgan fingerprint density at radius 2 is 1.88 bits per heavy atom. The number of rotatable bonds is 3. The van der Waals surface area contributed by atoms with E-state index in [1.165, 1.54) is 5.56 Å². The Hall–Kier alpha value is -1.68. The fourth-order valence-electron chi connectivity index (χ4n) is 1.24. The van der Waals surface area contributed by atoms with E-state index in [9.17, 15) is 0 Å². The maximum absolute atomic E-state index is 9.14. The second-order valence-electron chi connectivity index (χ2n) is 3.37. The van der Waals surface area contributed by atoms with E-state index in [1.54, 1.807) is 36.2 Å². The Kier molecular flexibility index (Phi) is 3.31. The summed E-state index contributed by atoms with van der Waals surface area (Å²) in [5.74, 6) is 1.68. The quantitative estimate of drug-likeness (QED) is 0.799. The molecule has 0 aliphatic heterocycles. The number of aromatic hydroxyl groups is 1. The average Bonchev–Trinajstić information content (AvgIpc) is 2.30. The van der Waals surface area contributed by atoms with Crippen molar-refractivity contribution in [3.05, 3.63) is 48.2 Å². The first-order valence-electron chi connectivity index (χ1n) is 4.86. The van der Waals surface area contributed by atoms with Crippen molar-refractivity contribution in [2.45, 2.75) is 10.6 Å². The van der Waals surface area contributed by atoms with Crippen LogP contribution in [0.3, 0.4) is 0 Å². The fourth-order valence-corrected chi connectivity index (χ4v) is 2.05. The molecule has 0 amide bonds. The van der Waals surface area contributed by atoms with Crippen LogP contribution in [0.25, 0.3) is 0 Å². The summed E-state index contributed by atoms with van der Waals surface area (Å²) in [5, 5.41) is 9.14. The van der Waals surface area contributed by atoms with Crippen LogP contribution in [0.4, 0.5) is 5.82 Å². The molecule has 1 aromatic carbocycles. The maximum Gasteiger partial charge on any atom is 0.123 e. The zero-order valence-electron chi connectivity index (χ0n) is 8.63. The lowest BCUT2D eigenvalue weighted by atomic mass is 10.2. The first-order valence-corrected chi connectivity index (χ1v) is 5.85. The number of aromatic nitrogens is 1. The van der Waals surface area contributed by atoms with Gasteiger partial charge in [0.25, 0.3) is 0 Å². The van der Waals surface area contributed by atoms with Crippen LogP contribution >= 0.6 is 11.8 Å². The highest BCUT2D eigenvalue weighted by Crippen LogP contribution is 2.23. The summed E-state index contributed by atoms with van der Waals surface area (Å²) >= 11 is 1.69. The molecular weight excluding hydrogens is 220 g/mol. The Morgan fingerprint density at radius 3 is 2.50 bits per heavy atom. The molecule has 0 atom stereocenters. The van der Waals surface area contributed by atoms with Crippen molar-refractivity contribution in [3.63, 3.8) is 0 Å². The van der Waals surface area contributed by atoms with Gasteiger partial charge in [-0.3, -0.25) is 0 Å². The molecule has 1 aromatic heterocycles. The molecule has 0 unspecified atom stereocenters. The maximum atomic E-state index is 9.14. The zero-order valence-corrected chi connectivity index (χ0v) is 9.45. The lowest BCUT2D eigenvalue weighted by molar-refractivity contribution is 0.475. The number of nitrogens with two attached hydrogens (primary N) is 1. The first-order chi connectivity index (χ1) is 7.74. The van der Waals surface area contributed by atoms with E-state index in [0.29, 0.717) is 11.6 Å². The predicted octanol–water partition coefficient (Wildman–Crippen LogP) is 2.66. The van der Waals surface area contributed by atoms with Gasteiger partial charge in [-0.1, -0.05) is 12.1 Å². The fraction of sp³-hybridized carbons (Fsp3) is 0.0833. The smallest absolute Gasteiger partial charge is 0.123 e. The predicted molar refractivity (Wildman–Crippen MR) is 66.3 cm³/mol. The normalized spacial score (nSPS) is 10.2. The average molecular weight is 232 g/mol. The number of pyridine rings is 1. The van der Waals surface area contributed by atoms with Gasteiger partial charge in [-0.15, -0.1) is 11.8 Å². The Balaban J connectivity index is 1.97. The second-order valence-corrected chi connectivity index (χ2v) is 4.42. The summed E-state index contributed by atoms with van der Waals surface area (Å²) in [4.78, 5) is 5.11. The third-order valence-electron chi connectivity index (χ3n) is 2.10. The number of phenols is 1. The molecular formula is C12H12N2OS. The molecule has 2 rings (SSSR count). The minimum atomic E-state index is 0.294. The summed E-state index contributed by atoms with van der Waals surface area (Å²) in [6.45, 7) is 0. The van der Waals surface area contributed by atoms with E-state index >= 15 is 0 Å². The highest BCUT2D eigenvalue weighted by Gasteiger charge is 1.97. The topological polar surface area (TPSA) is 59.1 Å². The van der Waals surface area contributed by atoms with Crippen LogP contribution in [0.1, 0.15) is 5.56 Å². The van der Waals surface area contributed by atoms with E-state index < -0.39 is 0 Å². The third-order valence-corrected chi connectivity index (χ3v) is 3.15. The monoisotopic (exact) mass is 232 g/mol. The van der Waals surface area contributed by atoms with Gasteiger partial charge in [0.15, 0.2) is 0 Å². The van der Waals surface area contributed by atoms with Gasteiger partial charge in [-0.05, 0) is 29.8 Å². The number of nitrogen functional groups attached to an aromatic ring is 1. The number of thioether (sulfide) groups is 1. The Morgan fingerprint density at radius 1 is 1.12 bits per heavy atom.